The third kappa shape index (κ3) is 3.99. The molecule has 3 aliphatic rings. The molecule has 140 valence electrons. The molecule has 2 aromatic heterocycles. The van der Waals surface area contributed by atoms with E-state index in [0.29, 0.717) is 6.04 Å². The number of aromatic nitrogens is 3. The highest BCUT2D eigenvalue weighted by atomic mass is 15.3. The molecule has 0 unspecified atom stereocenters. The van der Waals surface area contributed by atoms with Crippen LogP contribution in [0.2, 0.25) is 0 Å². The van der Waals surface area contributed by atoms with Crippen LogP contribution in [-0.2, 0) is 18.5 Å². The van der Waals surface area contributed by atoms with E-state index in [9.17, 15) is 0 Å². The van der Waals surface area contributed by atoms with Gasteiger partial charge >= 0.3 is 0 Å². The van der Waals surface area contributed by atoms with Gasteiger partial charge < -0.3 is 0 Å². The maximum absolute atomic E-state index is 4.54. The highest BCUT2D eigenvalue weighted by molar-refractivity contribution is 5.16. The zero-order chi connectivity index (χ0) is 18.1. The van der Waals surface area contributed by atoms with E-state index in [1.165, 1.54) is 37.2 Å². The lowest BCUT2D eigenvalue weighted by Crippen LogP contribution is -2.43. The molecule has 26 heavy (non-hydrogen) atoms. The van der Waals surface area contributed by atoms with E-state index in [1.807, 2.05) is 18.5 Å². The van der Waals surface area contributed by atoms with Crippen molar-refractivity contribution in [1.29, 1.82) is 0 Å². The van der Waals surface area contributed by atoms with Gasteiger partial charge in [0, 0.05) is 62.3 Å². The summed E-state index contributed by atoms with van der Waals surface area (Å²) in [5.41, 5.74) is 3.84. The number of nitrogens with zero attached hydrogens (tertiary/aromatic N) is 4. The molecule has 5 rings (SSSR count). The number of piperidine rings is 1. The Balaban J connectivity index is 1.42. The van der Waals surface area contributed by atoms with Crippen molar-refractivity contribution in [2.45, 2.75) is 58.2 Å². The average Bonchev–Trinajstić information content (AvgIpc) is 2.91. The summed E-state index contributed by atoms with van der Waals surface area (Å²) in [5.74, 6) is 0.774. The number of aromatic amines is 1. The second kappa shape index (κ2) is 7.12. The molecule has 2 aromatic rings. The van der Waals surface area contributed by atoms with Gasteiger partial charge in [0.05, 0.1) is 5.69 Å². The van der Waals surface area contributed by atoms with Crippen LogP contribution in [0.3, 0.4) is 0 Å². The second-order valence-corrected chi connectivity index (χ2v) is 9.11. The average molecular weight is 354 g/mol. The van der Waals surface area contributed by atoms with Crippen molar-refractivity contribution in [2.24, 2.45) is 5.92 Å². The molecule has 0 saturated carbocycles. The van der Waals surface area contributed by atoms with Crippen molar-refractivity contribution in [3.63, 3.8) is 0 Å². The van der Waals surface area contributed by atoms with Crippen LogP contribution in [0.1, 0.15) is 50.6 Å². The normalized spacial score (nSPS) is 24.7. The van der Waals surface area contributed by atoms with Crippen molar-refractivity contribution >= 4 is 0 Å². The van der Waals surface area contributed by atoms with Gasteiger partial charge in [0.1, 0.15) is 0 Å². The molecule has 5 heterocycles. The van der Waals surface area contributed by atoms with Gasteiger partial charge in [0.25, 0.3) is 0 Å². The van der Waals surface area contributed by atoms with Crippen molar-refractivity contribution in [3.05, 3.63) is 47.5 Å². The maximum Gasteiger partial charge on any atom is 0.0678 e. The van der Waals surface area contributed by atoms with Crippen LogP contribution in [-0.4, -0.2) is 50.7 Å². The minimum Gasteiger partial charge on any atom is -0.297 e. The van der Waals surface area contributed by atoms with Gasteiger partial charge in [-0.1, -0.05) is 26.8 Å². The molecule has 3 saturated heterocycles. The van der Waals surface area contributed by atoms with E-state index in [-0.39, 0.29) is 5.41 Å². The summed E-state index contributed by atoms with van der Waals surface area (Å²) in [6, 6.07) is 7.13. The van der Waals surface area contributed by atoms with Crippen molar-refractivity contribution in [3.8, 4) is 0 Å². The Kier molecular flexibility index (Phi) is 4.84. The van der Waals surface area contributed by atoms with Gasteiger partial charge in [-0.2, -0.15) is 5.10 Å². The lowest BCUT2D eigenvalue weighted by molar-refractivity contribution is 0.121. The summed E-state index contributed by atoms with van der Waals surface area (Å²) in [6.45, 7) is 12.2. The van der Waals surface area contributed by atoms with Gasteiger partial charge in [-0.15, -0.1) is 0 Å². The molecule has 0 aliphatic carbocycles. The van der Waals surface area contributed by atoms with Crippen LogP contribution in [0.4, 0.5) is 0 Å². The van der Waals surface area contributed by atoms with Gasteiger partial charge in [0.15, 0.2) is 0 Å². The lowest BCUT2D eigenvalue weighted by atomic mass is 9.92. The molecule has 5 nitrogen and oxygen atoms in total. The number of pyridine rings is 1. The number of hydrogen-bond donors (Lipinski definition) is 1. The highest BCUT2D eigenvalue weighted by Gasteiger charge is 2.35. The van der Waals surface area contributed by atoms with E-state index < -0.39 is 0 Å². The first kappa shape index (κ1) is 17.7. The second-order valence-electron chi connectivity index (χ2n) is 9.11. The van der Waals surface area contributed by atoms with Crippen LogP contribution < -0.4 is 0 Å². The largest absolute Gasteiger partial charge is 0.297 e. The number of rotatable bonds is 4. The fraction of sp³-hybridized carbons (Fsp3) is 0.619. The lowest BCUT2D eigenvalue weighted by Gasteiger charge is -2.35. The minimum atomic E-state index is 0.104. The zero-order valence-corrected chi connectivity index (χ0v) is 16.3. The molecular weight excluding hydrogens is 322 g/mol. The fourth-order valence-corrected chi connectivity index (χ4v) is 4.39. The molecule has 0 amide bonds. The van der Waals surface area contributed by atoms with Gasteiger partial charge in [-0.25, -0.2) is 0 Å². The fourth-order valence-electron chi connectivity index (χ4n) is 4.39. The number of fused-ring (bicyclic) bond motifs is 4. The minimum absolute atomic E-state index is 0.104. The standard InChI is InChI=1S/C21H31N5/c1-21(2,3)20-9-18(23-24-20)14-26-13-17-6-7-19(26)15-25(12-17)11-16-5-4-8-22-10-16/h4-5,8-10,17,19H,6-7,11-15H2,1-3H3,(H,23,24)/t17-,19+/m0/s1. The molecule has 0 radical (unpaired) electrons. The van der Waals surface area contributed by atoms with E-state index in [2.05, 4.69) is 57.9 Å². The van der Waals surface area contributed by atoms with Crippen LogP contribution in [0.5, 0.6) is 0 Å². The first-order valence-electron chi connectivity index (χ1n) is 9.87. The van der Waals surface area contributed by atoms with E-state index in [0.717, 1.165) is 31.2 Å². The van der Waals surface area contributed by atoms with E-state index in [4.69, 9.17) is 0 Å². The summed E-state index contributed by atoms with van der Waals surface area (Å²) in [7, 11) is 0. The monoisotopic (exact) mass is 353 g/mol. The van der Waals surface area contributed by atoms with E-state index in [1.54, 1.807) is 0 Å². The van der Waals surface area contributed by atoms with E-state index >= 15 is 0 Å². The quantitative estimate of drug-likeness (QED) is 0.917. The Bertz CT molecular complexity index is 718. The molecule has 3 fully saturated rings. The smallest absolute Gasteiger partial charge is 0.0678 e. The third-order valence-electron chi connectivity index (χ3n) is 5.80. The SMILES string of the molecule is CC(C)(C)c1cc(CN2C[C@H]3CC[C@@H]2CN(Cc2cccnc2)C3)[nH]n1. The van der Waals surface area contributed by atoms with Crippen molar-refractivity contribution < 1.29 is 0 Å². The Hall–Kier alpha value is -1.72. The number of hydrogen-bond acceptors (Lipinski definition) is 4. The summed E-state index contributed by atoms with van der Waals surface area (Å²) in [6.07, 6.45) is 6.53. The van der Waals surface area contributed by atoms with Crippen LogP contribution in [0.25, 0.3) is 0 Å². The summed E-state index contributed by atoms with van der Waals surface area (Å²) in [4.78, 5) is 9.58. The van der Waals surface area contributed by atoms with Gasteiger partial charge in [-0.05, 0) is 36.5 Å². The van der Waals surface area contributed by atoms with Crippen LogP contribution in [0, 0.1) is 5.92 Å². The zero-order valence-electron chi connectivity index (χ0n) is 16.3. The van der Waals surface area contributed by atoms with Gasteiger partial charge in [0.2, 0.25) is 0 Å². The number of H-pyrrole nitrogens is 1. The molecule has 0 spiro atoms. The summed E-state index contributed by atoms with van der Waals surface area (Å²) in [5, 5.41) is 7.82. The molecule has 2 bridgehead atoms. The first-order chi connectivity index (χ1) is 12.5. The predicted molar refractivity (Wildman–Crippen MR) is 104 cm³/mol. The number of nitrogens with one attached hydrogen (secondary N) is 1. The molecular formula is C21H31N5. The predicted octanol–water partition coefficient (Wildman–Crippen LogP) is 3.20. The van der Waals surface area contributed by atoms with Gasteiger partial charge in [-0.3, -0.25) is 19.9 Å². The van der Waals surface area contributed by atoms with Crippen molar-refractivity contribution in [1.82, 2.24) is 25.0 Å². The maximum atomic E-state index is 4.54. The van der Waals surface area contributed by atoms with Crippen LogP contribution in [0.15, 0.2) is 30.6 Å². The molecule has 3 aliphatic heterocycles. The molecule has 5 heteroatoms. The van der Waals surface area contributed by atoms with Crippen LogP contribution >= 0.6 is 0 Å². The third-order valence-corrected chi connectivity index (χ3v) is 5.80. The summed E-state index contributed by atoms with van der Waals surface area (Å²) >= 11 is 0. The Morgan fingerprint density at radius 1 is 1.15 bits per heavy atom. The molecule has 0 aromatic carbocycles. The highest BCUT2D eigenvalue weighted by Crippen LogP contribution is 2.30. The topological polar surface area (TPSA) is 48.0 Å². The Morgan fingerprint density at radius 3 is 2.77 bits per heavy atom. The molecule has 2 atom stereocenters. The Labute approximate surface area is 156 Å². The first-order valence-corrected chi connectivity index (χ1v) is 9.87. The summed E-state index contributed by atoms with van der Waals surface area (Å²) < 4.78 is 0. The Morgan fingerprint density at radius 2 is 2.04 bits per heavy atom. The molecule has 1 N–H and O–H groups in total. The van der Waals surface area contributed by atoms with Crippen molar-refractivity contribution in [2.75, 3.05) is 19.6 Å².